The van der Waals surface area contributed by atoms with Crippen LogP contribution in [0.2, 0.25) is 5.02 Å². The van der Waals surface area contributed by atoms with Gasteiger partial charge in [0, 0.05) is 11.1 Å². The number of hydrogen-bond donors (Lipinski definition) is 2. The number of phenolic OH excluding ortho intramolecular Hbond substituents is 1. The summed E-state index contributed by atoms with van der Waals surface area (Å²) in [6, 6.07) is 4.61. The van der Waals surface area contributed by atoms with Crippen molar-refractivity contribution in [1.29, 1.82) is 0 Å². The Morgan fingerprint density at radius 2 is 2.29 bits per heavy atom. The van der Waals surface area contributed by atoms with Gasteiger partial charge in [0.15, 0.2) is 0 Å². The van der Waals surface area contributed by atoms with Gasteiger partial charge in [-0.3, -0.25) is 4.79 Å². The van der Waals surface area contributed by atoms with E-state index in [1.165, 1.54) is 25.0 Å². The van der Waals surface area contributed by atoms with Crippen molar-refractivity contribution in [3.05, 3.63) is 28.8 Å². The summed E-state index contributed by atoms with van der Waals surface area (Å²) < 4.78 is 0. The minimum absolute atomic E-state index is 0.0366. The molecule has 0 spiro atoms. The summed E-state index contributed by atoms with van der Waals surface area (Å²) in [4.78, 5) is 11.9. The molecular weight excluding hydrogens is 238 g/mol. The lowest BCUT2D eigenvalue weighted by Gasteiger charge is -2.14. The molecule has 1 aromatic carbocycles. The molecule has 17 heavy (non-hydrogen) atoms. The zero-order chi connectivity index (χ0) is 12.4. The van der Waals surface area contributed by atoms with Gasteiger partial charge < -0.3 is 10.4 Å². The van der Waals surface area contributed by atoms with Crippen LogP contribution in [0.25, 0.3) is 0 Å². The Labute approximate surface area is 106 Å². The molecule has 1 saturated carbocycles. The molecule has 3 nitrogen and oxygen atoms in total. The summed E-state index contributed by atoms with van der Waals surface area (Å²) in [5.74, 6) is 0.460. The average molecular weight is 254 g/mol. The zero-order valence-electron chi connectivity index (χ0n) is 9.74. The third-order valence-electron chi connectivity index (χ3n) is 2.96. The molecule has 0 bridgehead atoms. The molecule has 1 fully saturated rings. The molecule has 1 unspecified atom stereocenters. The maximum Gasteiger partial charge on any atom is 0.255 e. The molecule has 0 saturated heterocycles. The first-order valence-electron chi connectivity index (χ1n) is 5.85. The van der Waals surface area contributed by atoms with Crippen molar-refractivity contribution in [1.82, 2.24) is 5.32 Å². The largest absolute Gasteiger partial charge is 0.507 e. The van der Waals surface area contributed by atoms with E-state index in [1.807, 2.05) is 6.92 Å². The fraction of sp³-hybridized carbons (Fsp3) is 0.462. The highest BCUT2D eigenvalue weighted by atomic mass is 35.5. The molecule has 2 rings (SSSR count). The Bertz CT molecular complexity index is 429. The van der Waals surface area contributed by atoms with Crippen molar-refractivity contribution in [3.63, 3.8) is 0 Å². The number of rotatable bonds is 4. The lowest BCUT2D eigenvalue weighted by atomic mass is 10.1. The van der Waals surface area contributed by atoms with Crippen LogP contribution in [0.5, 0.6) is 5.75 Å². The van der Waals surface area contributed by atoms with E-state index in [-0.39, 0.29) is 23.3 Å². The van der Waals surface area contributed by atoms with Gasteiger partial charge in [0.05, 0.1) is 5.56 Å². The number of carbonyl (C=O) groups excluding carboxylic acids is 1. The summed E-state index contributed by atoms with van der Waals surface area (Å²) >= 11 is 5.80. The molecule has 1 aliphatic carbocycles. The van der Waals surface area contributed by atoms with E-state index in [2.05, 4.69) is 5.32 Å². The smallest absolute Gasteiger partial charge is 0.255 e. The quantitative estimate of drug-likeness (QED) is 0.867. The average Bonchev–Trinajstić information content (AvgIpc) is 3.05. The van der Waals surface area contributed by atoms with Crippen LogP contribution in [-0.2, 0) is 0 Å². The van der Waals surface area contributed by atoms with Gasteiger partial charge in [0.1, 0.15) is 5.75 Å². The van der Waals surface area contributed by atoms with E-state index in [9.17, 15) is 9.90 Å². The second-order valence-corrected chi connectivity index (χ2v) is 5.15. The number of phenols is 1. The van der Waals surface area contributed by atoms with E-state index in [0.717, 1.165) is 12.3 Å². The highest BCUT2D eigenvalue weighted by molar-refractivity contribution is 6.31. The first kappa shape index (κ1) is 12.2. The number of carbonyl (C=O) groups is 1. The Morgan fingerprint density at radius 3 is 2.94 bits per heavy atom. The van der Waals surface area contributed by atoms with Gasteiger partial charge in [-0.25, -0.2) is 0 Å². The molecule has 1 amide bonds. The predicted octanol–water partition coefficient (Wildman–Crippen LogP) is 2.96. The first-order chi connectivity index (χ1) is 8.06. The third-order valence-corrected chi connectivity index (χ3v) is 3.20. The number of hydrogen-bond acceptors (Lipinski definition) is 2. The van der Waals surface area contributed by atoms with Crippen molar-refractivity contribution >= 4 is 17.5 Å². The summed E-state index contributed by atoms with van der Waals surface area (Å²) in [5.41, 5.74) is 0.236. The maximum atomic E-state index is 11.9. The third kappa shape index (κ3) is 3.37. The van der Waals surface area contributed by atoms with Crippen LogP contribution in [0.4, 0.5) is 0 Å². The Hall–Kier alpha value is -1.22. The van der Waals surface area contributed by atoms with Gasteiger partial charge in [0.2, 0.25) is 0 Å². The van der Waals surface area contributed by atoms with Gasteiger partial charge in [0.25, 0.3) is 5.91 Å². The van der Waals surface area contributed by atoms with Gasteiger partial charge in [-0.05, 0) is 37.5 Å². The van der Waals surface area contributed by atoms with Crippen LogP contribution in [0.1, 0.15) is 36.5 Å². The van der Waals surface area contributed by atoms with Crippen LogP contribution in [0, 0.1) is 5.92 Å². The van der Waals surface area contributed by atoms with Crippen molar-refractivity contribution in [3.8, 4) is 5.75 Å². The van der Waals surface area contributed by atoms with Gasteiger partial charge in [-0.2, -0.15) is 0 Å². The maximum absolute atomic E-state index is 11.9. The molecule has 0 aromatic heterocycles. The summed E-state index contributed by atoms with van der Waals surface area (Å²) in [6.45, 7) is 1.98. The lowest BCUT2D eigenvalue weighted by Crippen LogP contribution is -2.32. The van der Waals surface area contributed by atoms with E-state index in [0.29, 0.717) is 5.02 Å². The monoisotopic (exact) mass is 253 g/mol. The summed E-state index contributed by atoms with van der Waals surface area (Å²) in [5, 5.41) is 12.9. The zero-order valence-corrected chi connectivity index (χ0v) is 10.5. The Morgan fingerprint density at radius 1 is 1.59 bits per heavy atom. The van der Waals surface area contributed by atoms with Crippen LogP contribution >= 0.6 is 11.6 Å². The van der Waals surface area contributed by atoms with Gasteiger partial charge in [-0.1, -0.05) is 24.4 Å². The first-order valence-corrected chi connectivity index (χ1v) is 6.23. The Kier molecular flexibility index (Phi) is 3.57. The van der Waals surface area contributed by atoms with Crippen molar-refractivity contribution < 1.29 is 9.90 Å². The number of benzene rings is 1. The van der Waals surface area contributed by atoms with E-state index >= 15 is 0 Å². The molecule has 4 heteroatoms. The van der Waals surface area contributed by atoms with Crippen molar-refractivity contribution in [2.24, 2.45) is 5.92 Å². The predicted molar refractivity (Wildman–Crippen MR) is 67.4 cm³/mol. The Balaban J connectivity index is 2.00. The standard InChI is InChI=1S/C13H16ClNO2/c1-8(6-9-2-3-9)15-13(17)11-7-10(14)4-5-12(11)16/h4-5,7-9,16H,2-3,6H2,1H3,(H,15,17). The molecule has 1 atom stereocenters. The number of amides is 1. The summed E-state index contributed by atoms with van der Waals surface area (Å²) in [7, 11) is 0. The molecule has 1 aromatic rings. The fourth-order valence-electron chi connectivity index (χ4n) is 1.90. The van der Waals surface area contributed by atoms with Gasteiger partial charge in [-0.15, -0.1) is 0 Å². The highest BCUT2D eigenvalue weighted by Gasteiger charge is 2.24. The fourth-order valence-corrected chi connectivity index (χ4v) is 2.08. The lowest BCUT2D eigenvalue weighted by molar-refractivity contribution is 0.0935. The van der Waals surface area contributed by atoms with Gasteiger partial charge >= 0.3 is 0 Å². The molecule has 0 aliphatic heterocycles. The molecule has 0 radical (unpaired) electrons. The second-order valence-electron chi connectivity index (χ2n) is 4.72. The second kappa shape index (κ2) is 4.96. The molecule has 1 aliphatic rings. The normalized spacial score (nSPS) is 16.6. The number of aromatic hydroxyl groups is 1. The SMILES string of the molecule is CC(CC1CC1)NC(=O)c1cc(Cl)ccc1O. The van der Waals surface area contributed by atoms with Crippen LogP contribution in [0.3, 0.4) is 0 Å². The highest BCUT2D eigenvalue weighted by Crippen LogP contribution is 2.33. The minimum Gasteiger partial charge on any atom is -0.507 e. The number of nitrogens with one attached hydrogen (secondary N) is 1. The molecular formula is C13H16ClNO2. The summed E-state index contributed by atoms with van der Waals surface area (Å²) in [6.07, 6.45) is 3.54. The van der Waals surface area contributed by atoms with Crippen LogP contribution in [-0.4, -0.2) is 17.1 Å². The van der Waals surface area contributed by atoms with E-state index in [1.54, 1.807) is 6.07 Å². The topological polar surface area (TPSA) is 49.3 Å². The number of halogens is 1. The molecule has 0 heterocycles. The van der Waals surface area contributed by atoms with E-state index in [4.69, 9.17) is 11.6 Å². The molecule has 2 N–H and O–H groups in total. The minimum atomic E-state index is -0.266. The van der Waals surface area contributed by atoms with Crippen LogP contribution in [0.15, 0.2) is 18.2 Å². The van der Waals surface area contributed by atoms with Crippen molar-refractivity contribution in [2.45, 2.75) is 32.2 Å². The van der Waals surface area contributed by atoms with Crippen molar-refractivity contribution in [2.75, 3.05) is 0 Å². The van der Waals surface area contributed by atoms with Crippen LogP contribution < -0.4 is 5.32 Å². The van der Waals surface area contributed by atoms with E-state index < -0.39 is 0 Å². The molecule has 92 valence electrons.